The van der Waals surface area contributed by atoms with Crippen LogP contribution in [-0.4, -0.2) is 38.4 Å². The Morgan fingerprint density at radius 1 is 0.815 bits per heavy atom. The van der Waals surface area contributed by atoms with E-state index in [4.69, 9.17) is 31.9 Å². The van der Waals surface area contributed by atoms with Crippen LogP contribution in [0.2, 0.25) is 0 Å². The van der Waals surface area contributed by atoms with Gasteiger partial charge < -0.3 is 31.9 Å². The van der Waals surface area contributed by atoms with Gasteiger partial charge in [0.2, 0.25) is 0 Å². The number of rotatable bonds is 5. The molecule has 0 aliphatic heterocycles. The Kier molecular flexibility index (Phi) is 10.9. The van der Waals surface area contributed by atoms with Crippen molar-refractivity contribution in [1.29, 1.82) is 0 Å². The lowest BCUT2D eigenvalue weighted by molar-refractivity contribution is -0.139. The highest BCUT2D eigenvalue weighted by Gasteiger charge is 2.13. The van der Waals surface area contributed by atoms with Gasteiger partial charge >= 0.3 is 11.9 Å². The van der Waals surface area contributed by atoms with E-state index in [9.17, 15) is 9.59 Å². The van der Waals surface area contributed by atoms with Crippen LogP contribution in [0.4, 0.5) is 0 Å². The quantitative estimate of drug-likeness (QED) is 0.458. The van der Waals surface area contributed by atoms with Gasteiger partial charge in [0.15, 0.2) is 0 Å². The van der Waals surface area contributed by atoms with Crippen molar-refractivity contribution in [2.24, 2.45) is 11.5 Å². The molecular weight excluding hydrogens is 352 g/mol. The van der Waals surface area contributed by atoms with Gasteiger partial charge in [-0.15, -0.1) is 0 Å². The number of hydrogen-bond donors (Lipinski definition) is 6. The van der Waals surface area contributed by atoms with Gasteiger partial charge in [-0.3, -0.25) is 9.59 Å². The SMILES string of the molecule is CC.NC(C(=O)O)c1ccc(O)cc1.NC(Cc1ccc(O)cc1)C(=O)O. The van der Waals surface area contributed by atoms with Gasteiger partial charge in [0, 0.05) is 0 Å². The first-order valence-electron chi connectivity index (χ1n) is 8.24. The van der Waals surface area contributed by atoms with Crippen molar-refractivity contribution < 1.29 is 30.0 Å². The highest BCUT2D eigenvalue weighted by molar-refractivity contribution is 5.75. The van der Waals surface area contributed by atoms with Crippen LogP contribution in [0.3, 0.4) is 0 Å². The first-order valence-corrected chi connectivity index (χ1v) is 8.24. The number of carboxylic acids is 2. The summed E-state index contributed by atoms with van der Waals surface area (Å²) in [5, 5.41) is 34.9. The molecule has 8 N–H and O–H groups in total. The fourth-order valence-corrected chi connectivity index (χ4v) is 1.80. The Labute approximate surface area is 157 Å². The number of benzene rings is 2. The van der Waals surface area contributed by atoms with Crippen LogP contribution in [0.1, 0.15) is 31.0 Å². The van der Waals surface area contributed by atoms with Gasteiger partial charge in [-0.2, -0.15) is 0 Å². The van der Waals surface area contributed by atoms with Crippen molar-refractivity contribution in [3.63, 3.8) is 0 Å². The van der Waals surface area contributed by atoms with Crippen molar-refractivity contribution >= 4 is 11.9 Å². The molecule has 0 aliphatic carbocycles. The Morgan fingerprint density at radius 2 is 1.22 bits per heavy atom. The summed E-state index contributed by atoms with van der Waals surface area (Å²) in [6.45, 7) is 4.00. The fourth-order valence-electron chi connectivity index (χ4n) is 1.80. The van der Waals surface area contributed by atoms with Crippen LogP contribution in [0, 0.1) is 0 Å². The molecule has 8 heteroatoms. The molecule has 2 aromatic carbocycles. The van der Waals surface area contributed by atoms with E-state index < -0.39 is 24.0 Å². The van der Waals surface area contributed by atoms with E-state index >= 15 is 0 Å². The number of aliphatic carboxylic acids is 2. The first-order chi connectivity index (χ1) is 12.7. The second kappa shape index (κ2) is 12.3. The summed E-state index contributed by atoms with van der Waals surface area (Å²) >= 11 is 0. The number of phenolic OH excluding ortho intramolecular Hbond substituents is 2. The summed E-state index contributed by atoms with van der Waals surface area (Å²) in [5.74, 6) is -1.85. The van der Waals surface area contributed by atoms with E-state index in [1.807, 2.05) is 13.8 Å². The summed E-state index contributed by atoms with van der Waals surface area (Å²) in [6.07, 6.45) is 0.273. The summed E-state index contributed by atoms with van der Waals surface area (Å²) in [6, 6.07) is 10.2. The van der Waals surface area contributed by atoms with Crippen LogP contribution in [0.5, 0.6) is 11.5 Å². The lowest BCUT2D eigenvalue weighted by Crippen LogP contribution is -2.32. The standard InChI is InChI=1S/C9H11NO3.C8H9NO3.C2H6/c10-8(9(12)13)5-6-1-3-7(11)4-2-6;9-7(8(11)12)5-1-3-6(10)4-2-5;1-2/h1-4,8,11H,5,10H2,(H,12,13);1-4,7,10H,9H2,(H,11,12);1-2H3. The van der Waals surface area contributed by atoms with Gasteiger partial charge in [0.1, 0.15) is 23.6 Å². The molecule has 148 valence electrons. The Balaban J connectivity index is 0.000000460. The molecule has 0 fully saturated rings. The van der Waals surface area contributed by atoms with E-state index in [1.165, 1.54) is 36.4 Å². The number of nitrogens with two attached hydrogens (primary N) is 2. The molecule has 0 amide bonds. The molecule has 0 saturated carbocycles. The molecule has 0 radical (unpaired) electrons. The third kappa shape index (κ3) is 9.24. The monoisotopic (exact) mass is 378 g/mol. The van der Waals surface area contributed by atoms with Crippen LogP contribution in [0.25, 0.3) is 0 Å². The normalized spacial score (nSPS) is 11.7. The van der Waals surface area contributed by atoms with Crippen LogP contribution >= 0.6 is 0 Å². The predicted molar refractivity (Wildman–Crippen MR) is 101 cm³/mol. The minimum atomic E-state index is -1.08. The first kappa shape index (κ1) is 23.9. The minimum absolute atomic E-state index is 0.0938. The van der Waals surface area contributed by atoms with E-state index in [0.29, 0.717) is 5.56 Å². The molecule has 0 bridgehead atoms. The summed E-state index contributed by atoms with van der Waals surface area (Å²) in [7, 11) is 0. The third-order valence-electron chi connectivity index (χ3n) is 3.23. The second-order valence-corrected chi connectivity index (χ2v) is 5.22. The number of aromatic hydroxyl groups is 2. The molecule has 0 heterocycles. The van der Waals surface area contributed by atoms with Crippen molar-refractivity contribution in [3.05, 3.63) is 59.7 Å². The average Bonchev–Trinajstić information content (AvgIpc) is 2.65. The van der Waals surface area contributed by atoms with E-state index in [-0.39, 0.29) is 17.9 Å². The Hall–Kier alpha value is -3.10. The lowest BCUT2D eigenvalue weighted by atomic mass is 10.1. The van der Waals surface area contributed by atoms with E-state index in [0.717, 1.165) is 5.56 Å². The largest absolute Gasteiger partial charge is 0.508 e. The topological polar surface area (TPSA) is 167 Å². The maximum atomic E-state index is 10.4. The maximum Gasteiger partial charge on any atom is 0.325 e. The average molecular weight is 378 g/mol. The van der Waals surface area contributed by atoms with E-state index in [2.05, 4.69) is 0 Å². The molecule has 2 rings (SSSR count). The molecule has 2 unspecified atom stereocenters. The summed E-state index contributed by atoms with van der Waals surface area (Å²) < 4.78 is 0. The smallest absolute Gasteiger partial charge is 0.325 e. The van der Waals surface area contributed by atoms with E-state index in [1.54, 1.807) is 12.1 Å². The number of hydrogen-bond acceptors (Lipinski definition) is 6. The Bertz CT molecular complexity index is 701. The highest BCUT2D eigenvalue weighted by atomic mass is 16.4. The fraction of sp³-hybridized carbons (Fsp3) is 0.263. The van der Waals surface area contributed by atoms with Gasteiger partial charge in [-0.1, -0.05) is 38.1 Å². The zero-order valence-electron chi connectivity index (χ0n) is 15.2. The van der Waals surface area contributed by atoms with Gasteiger partial charge in [-0.05, 0) is 41.8 Å². The third-order valence-corrected chi connectivity index (χ3v) is 3.23. The van der Waals surface area contributed by atoms with Crippen molar-refractivity contribution in [3.8, 4) is 11.5 Å². The van der Waals surface area contributed by atoms with Crippen molar-refractivity contribution in [2.75, 3.05) is 0 Å². The molecule has 0 saturated heterocycles. The van der Waals surface area contributed by atoms with Gasteiger partial charge in [-0.25, -0.2) is 0 Å². The Morgan fingerprint density at radius 3 is 1.59 bits per heavy atom. The lowest BCUT2D eigenvalue weighted by Gasteiger charge is -2.05. The molecule has 2 atom stereocenters. The highest BCUT2D eigenvalue weighted by Crippen LogP contribution is 2.14. The van der Waals surface area contributed by atoms with Crippen LogP contribution < -0.4 is 11.5 Å². The van der Waals surface area contributed by atoms with Crippen molar-refractivity contribution in [2.45, 2.75) is 32.4 Å². The maximum absolute atomic E-state index is 10.4. The zero-order valence-corrected chi connectivity index (χ0v) is 15.2. The number of phenols is 2. The van der Waals surface area contributed by atoms with Gasteiger partial charge in [0.05, 0.1) is 0 Å². The van der Waals surface area contributed by atoms with Crippen molar-refractivity contribution in [1.82, 2.24) is 0 Å². The molecule has 8 nitrogen and oxygen atoms in total. The number of carboxylic acid groups (broad SMARTS) is 2. The zero-order chi connectivity index (χ0) is 21.0. The summed E-state index contributed by atoms with van der Waals surface area (Å²) in [4.78, 5) is 20.8. The molecular formula is C19H26N2O6. The van der Waals surface area contributed by atoms with Crippen LogP contribution in [0.15, 0.2) is 48.5 Å². The molecule has 2 aromatic rings. The van der Waals surface area contributed by atoms with Gasteiger partial charge in [0.25, 0.3) is 0 Å². The predicted octanol–water partition coefficient (Wildman–Crippen LogP) is 1.85. The second-order valence-electron chi connectivity index (χ2n) is 5.22. The molecule has 0 aromatic heterocycles. The molecule has 27 heavy (non-hydrogen) atoms. The molecule has 0 aliphatic rings. The molecule has 0 spiro atoms. The minimum Gasteiger partial charge on any atom is -0.508 e. The van der Waals surface area contributed by atoms with Crippen LogP contribution in [-0.2, 0) is 16.0 Å². The summed E-state index contributed by atoms with van der Waals surface area (Å²) in [5.41, 5.74) is 11.9. The number of carbonyl (C=O) groups is 2.